The van der Waals surface area contributed by atoms with Crippen molar-refractivity contribution in [3.8, 4) is 17.2 Å². The van der Waals surface area contributed by atoms with Crippen molar-refractivity contribution in [2.75, 3.05) is 0 Å². The topological polar surface area (TPSA) is 77.2 Å². The Bertz CT molecular complexity index is 1210. The van der Waals surface area contributed by atoms with E-state index < -0.39 is 0 Å². The summed E-state index contributed by atoms with van der Waals surface area (Å²) in [5, 5.41) is 8.15. The zero-order chi connectivity index (χ0) is 21.9. The molecule has 1 saturated carbocycles. The molecular formula is C26H25N3O3. The molecule has 0 bridgehead atoms. The number of aromatic nitrogens is 2. The maximum atomic E-state index is 12.9. The monoisotopic (exact) mass is 427 g/mol. The molecule has 1 aliphatic carbocycles. The molecule has 0 aliphatic heterocycles. The van der Waals surface area contributed by atoms with Crippen LogP contribution in [0, 0.1) is 6.92 Å². The second kappa shape index (κ2) is 8.83. The van der Waals surface area contributed by atoms with Gasteiger partial charge in [0.05, 0.1) is 5.39 Å². The summed E-state index contributed by atoms with van der Waals surface area (Å²) in [5.41, 5.74) is 3.40. The molecule has 0 atom stereocenters. The highest BCUT2D eigenvalue weighted by atomic mass is 16.5. The van der Waals surface area contributed by atoms with Crippen LogP contribution in [0.3, 0.4) is 0 Å². The van der Waals surface area contributed by atoms with Gasteiger partial charge in [-0.2, -0.15) is 0 Å². The van der Waals surface area contributed by atoms with Crippen molar-refractivity contribution in [3.63, 3.8) is 0 Å². The number of hydrogen-bond acceptors (Lipinski definition) is 5. The van der Waals surface area contributed by atoms with Crippen LogP contribution >= 0.6 is 0 Å². The minimum absolute atomic E-state index is 0.0725. The lowest BCUT2D eigenvalue weighted by atomic mass is 9.92. The predicted molar refractivity (Wildman–Crippen MR) is 123 cm³/mol. The normalized spacial score (nSPS) is 18.4. The molecule has 4 aromatic rings. The van der Waals surface area contributed by atoms with E-state index in [2.05, 4.69) is 15.5 Å². The fourth-order valence-corrected chi connectivity index (χ4v) is 4.17. The molecule has 0 radical (unpaired) electrons. The lowest BCUT2D eigenvalue weighted by Gasteiger charge is -2.29. The van der Waals surface area contributed by atoms with Gasteiger partial charge in [0.15, 0.2) is 5.76 Å². The Balaban J connectivity index is 1.22. The average Bonchev–Trinajstić information content (AvgIpc) is 3.26. The maximum absolute atomic E-state index is 12.9. The first kappa shape index (κ1) is 20.2. The van der Waals surface area contributed by atoms with Crippen molar-refractivity contribution >= 4 is 16.8 Å². The predicted octanol–water partition coefficient (Wildman–Crippen LogP) is 5.32. The highest BCUT2D eigenvalue weighted by Crippen LogP contribution is 2.29. The van der Waals surface area contributed by atoms with Crippen molar-refractivity contribution in [2.45, 2.75) is 44.8 Å². The SMILES string of the molecule is Cc1ccc(OC2CCC(NC(=O)c3ccc4noc(-c5ccccc5)c4c3)CC2)nc1. The lowest BCUT2D eigenvalue weighted by molar-refractivity contribution is 0.0890. The molecule has 2 aromatic carbocycles. The molecule has 1 fully saturated rings. The van der Waals surface area contributed by atoms with Crippen molar-refractivity contribution < 1.29 is 14.1 Å². The molecule has 1 N–H and O–H groups in total. The quantitative estimate of drug-likeness (QED) is 0.467. The Hall–Kier alpha value is -3.67. The van der Waals surface area contributed by atoms with E-state index in [0.717, 1.165) is 47.7 Å². The lowest BCUT2D eigenvalue weighted by Crippen LogP contribution is -2.39. The van der Waals surface area contributed by atoms with Gasteiger partial charge in [-0.25, -0.2) is 4.98 Å². The standard InChI is InChI=1S/C26H25N3O3/c1-17-7-14-24(27-16-17)31-21-11-9-20(10-12-21)28-26(30)19-8-13-23-22(15-19)25(32-29-23)18-5-3-2-4-6-18/h2-8,13-16,20-21H,9-12H2,1H3,(H,28,30). The molecule has 6 heteroatoms. The minimum atomic E-state index is -0.0725. The maximum Gasteiger partial charge on any atom is 0.251 e. The number of benzene rings is 2. The first-order valence-corrected chi connectivity index (χ1v) is 11.0. The number of ether oxygens (including phenoxy) is 1. The summed E-state index contributed by atoms with van der Waals surface area (Å²) >= 11 is 0. The number of pyridine rings is 1. The fraction of sp³-hybridized carbons (Fsp3) is 0.269. The van der Waals surface area contributed by atoms with Gasteiger partial charge in [0.2, 0.25) is 5.88 Å². The van der Waals surface area contributed by atoms with Gasteiger partial charge in [0.25, 0.3) is 5.91 Å². The summed E-state index contributed by atoms with van der Waals surface area (Å²) < 4.78 is 11.6. The number of carbonyl (C=O) groups excluding carboxylic acids is 1. The second-order valence-corrected chi connectivity index (χ2v) is 8.35. The fourth-order valence-electron chi connectivity index (χ4n) is 4.17. The Morgan fingerprint density at radius 1 is 1.03 bits per heavy atom. The molecule has 162 valence electrons. The van der Waals surface area contributed by atoms with E-state index in [1.165, 1.54) is 0 Å². The van der Waals surface area contributed by atoms with Crippen LogP contribution in [0.1, 0.15) is 41.6 Å². The molecular weight excluding hydrogens is 402 g/mol. The third kappa shape index (κ3) is 4.35. The van der Waals surface area contributed by atoms with E-state index in [1.807, 2.05) is 67.7 Å². The number of aryl methyl sites for hydroxylation is 1. The summed E-state index contributed by atoms with van der Waals surface area (Å²) in [4.78, 5) is 17.3. The Morgan fingerprint density at radius 3 is 2.59 bits per heavy atom. The number of fused-ring (bicyclic) bond motifs is 1. The first-order chi connectivity index (χ1) is 15.7. The first-order valence-electron chi connectivity index (χ1n) is 11.0. The number of rotatable bonds is 5. The molecule has 2 heterocycles. The number of hydrogen-bond donors (Lipinski definition) is 1. The second-order valence-electron chi connectivity index (χ2n) is 8.35. The summed E-state index contributed by atoms with van der Waals surface area (Å²) in [6.07, 6.45) is 5.50. The van der Waals surface area contributed by atoms with E-state index in [9.17, 15) is 4.79 Å². The van der Waals surface area contributed by atoms with Crippen molar-refractivity contribution in [1.82, 2.24) is 15.5 Å². The van der Waals surface area contributed by atoms with Crippen LogP contribution < -0.4 is 10.1 Å². The van der Waals surface area contributed by atoms with Crippen LogP contribution in [0.5, 0.6) is 5.88 Å². The van der Waals surface area contributed by atoms with E-state index in [-0.39, 0.29) is 18.1 Å². The molecule has 5 rings (SSSR count). The van der Waals surface area contributed by atoms with E-state index in [4.69, 9.17) is 9.26 Å². The Labute approximate surface area is 186 Å². The van der Waals surface area contributed by atoms with Crippen molar-refractivity contribution in [3.05, 3.63) is 78.0 Å². The molecule has 6 nitrogen and oxygen atoms in total. The Morgan fingerprint density at radius 2 is 1.84 bits per heavy atom. The highest BCUT2D eigenvalue weighted by Gasteiger charge is 2.24. The summed E-state index contributed by atoms with van der Waals surface area (Å²) in [5.74, 6) is 1.27. The van der Waals surface area contributed by atoms with Gasteiger partial charge in [-0.05, 0) is 56.4 Å². The molecule has 32 heavy (non-hydrogen) atoms. The van der Waals surface area contributed by atoms with Crippen molar-refractivity contribution in [1.29, 1.82) is 0 Å². The number of nitrogens with zero attached hydrogens (tertiary/aromatic N) is 2. The van der Waals surface area contributed by atoms with E-state index in [1.54, 1.807) is 6.07 Å². The van der Waals surface area contributed by atoms with E-state index in [0.29, 0.717) is 17.2 Å². The largest absolute Gasteiger partial charge is 0.474 e. The average molecular weight is 428 g/mol. The third-order valence-electron chi connectivity index (χ3n) is 5.96. The third-order valence-corrected chi connectivity index (χ3v) is 5.96. The number of nitrogens with one attached hydrogen (secondary N) is 1. The summed E-state index contributed by atoms with van der Waals surface area (Å²) in [6.45, 7) is 2.01. The van der Waals surface area contributed by atoms with Crippen LogP contribution in [0.25, 0.3) is 22.2 Å². The summed E-state index contributed by atoms with van der Waals surface area (Å²) in [7, 11) is 0. The zero-order valence-electron chi connectivity index (χ0n) is 18.0. The van der Waals surface area contributed by atoms with Gasteiger partial charge in [0.1, 0.15) is 11.6 Å². The van der Waals surface area contributed by atoms with Crippen LogP contribution in [-0.2, 0) is 0 Å². The molecule has 0 spiro atoms. The summed E-state index contributed by atoms with van der Waals surface area (Å²) in [6, 6.07) is 19.4. The van der Waals surface area contributed by atoms with Crippen LogP contribution in [0.2, 0.25) is 0 Å². The van der Waals surface area contributed by atoms with Gasteiger partial charge in [-0.3, -0.25) is 4.79 Å². The van der Waals surface area contributed by atoms with Gasteiger partial charge in [-0.15, -0.1) is 0 Å². The van der Waals surface area contributed by atoms with Gasteiger partial charge in [0, 0.05) is 29.4 Å². The van der Waals surface area contributed by atoms with Gasteiger partial charge in [-0.1, -0.05) is 41.6 Å². The minimum Gasteiger partial charge on any atom is -0.474 e. The van der Waals surface area contributed by atoms with Gasteiger partial charge >= 0.3 is 0 Å². The zero-order valence-corrected chi connectivity index (χ0v) is 18.0. The number of carbonyl (C=O) groups is 1. The van der Waals surface area contributed by atoms with Crippen LogP contribution in [0.4, 0.5) is 0 Å². The molecule has 0 unspecified atom stereocenters. The molecule has 0 saturated heterocycles. The van der Waals surface area contributed by atoms with Crippen LogP contribution in [-0.4, -0.2) is 28.2 Å². The van der Waals surface area contributed by atoms with E-state index >= 15 is 0 Å². The molecule has 2 aromatic heterocycles. The van der Waals surface area contributed by atoms with Gasteiger partial charge < -0.3 is 14.6 Å². The number of amides is 1. The molecule has 1 amide bonds. The Kier molecular flexibility index (Phi) is 5.58. The molecule has 1 aliphatic rings. The highest BCUT2D eigenvalue weighted by molar-refractivity contribution is 6.01. The van der Waals surface area contributed by atoms with Crippen LogP contribution in [0.15, 0.2) is 71.4 Å². The van der Waals surface area contributed by atoms with Crippen molar-refractivity contribution in [2.24, 2.45) is 0 Å². The smallest absolute Gasteiger partial charge is 0.251 e.